The van der Waals surface area contributed by atoms with Crippen molar-refractivity contribution in [3.63, 3.8) is 0 Å². The van der Waals surface area contributed by atoms with E-state index >= 15 is 0 Å². The number of hydrogen-bond acceptors (Lipinski definition) is 14. The number of phenols is 4. The quantitative estimate of drug-likeness (QED) is 0.0189. The van der Waals surface area contributed by atoms with Crippen LogP contribution in [0.5, 0.6) is 34.5 Å². The molecular formula is C76H86O14. The van der Waals surface area contributed by atoms with Crippen LogP contribution in [0.4, 0.5) is 0 Å². The van der Waals surface area contributed by atoms with E-state index in [9.17, 15) is 49.2 Å². The van der Waals surface area contributed by atoms with Crippen LogP contribution >= 0.6 is 0 Å². The fraction of sp³-hybridized carbons (Fsp3) is 0.342. The van der Waals surface area contributed by atoms with Gasteiger partial charge < -0.3 is 39.4 Å². The summed E-state index contributed by atoms with van der Waals surface area (Å²) in [6, 6.07) is 22.4. The molecule has 0 spiro atoms. The molecule has 14 nitrogen and oxygen atoms in total. The van der Waals surface area contributed by atoms with Gasteiger partial charge in [-0.3, -0.25) is 28.8 Å². The average Bonchev–Trinajstić information content (AvgIpc) is 0.804. The van der Waals surface area contributed by atoms with Crippen molar-refractivity contribution in [2.75, 3.05) is 0 Å². The zero-order valence-corrected chi connectivity index (χ0v) is 53.5. The molecule has 14 heteroatoms. The van der Waals surface area contributed by atoms with Gasteiger partial charge in [-0.25, -0.2) is 0 Å². The van der Waals surface area contributed by atoms with Gasteiger partial charge in [0.15, 0.2) is 23.8 Å². The molecule has 4 aromatic carbocycles. The van der Waals surface area contributed by atoms with Gasteiger partial charge in [0.2, 0.25) is 0 Å². The third-order valence-corrected chi connectivity index (χ3v) is 15.9. The molecule has 0 saturated carbocycles. The molecule has 6 rings (SSSR count). The first kappa shape index (κ1) is 69.8. The first-order valence-corrected chi connectivity index (χ1v) is 30.6. The summed E-state index contributed by atoms with van der Waals surface area (Å²) in [5, 5.41) is 38.8. The molecule has 3 atom stereocenters. The summed E-state index contributed by atoms with van der Waals surface area (Å²) in [5.41, 5.74) is 8.56. The average molecular weight is 1220 g/mol. The molecule has 0 aromatic heterocycles. The molecule has 0 aliphatic heterocycles. The molecule has 0 radical (unpaired) electrons. The van der Waals surface area contributed by atoms with Crippen molar-refractivity contribution in [1.29, 1.82) is 0 Å². The summed E-state index contributed by atoms with van der Waals surface area (Å²) in [5.74, 6) is -2.08. The molecule has 2 aliphatic carbocycles. The standard InChI is InChI=1S/C76H86O14/c1-49(17-13-19-51(3)21-35-65-53(5)73(85)67(47-75(65,7)8)89-71(83)39-37-69(81)87-63-31-27-55(28-32-63)23-25-57-41-59(77)45-60(78)42-57)15-11-12-16-50(2)18-14-20-52(4)22-36-66-54(6)74(86)68(48-76(66,9)10)90-72(84)40-38-70(82)88-64-33-29-56(30-34-64)24-26-58-43-61(79)46-62(80)44-58/h11-19,21,23,25,27-35,41-46,52,67-68,77-80H,20,22,24,26,36-40,47-48H2,1-10H3/b12-11+,17-13+,18-14+,25-23+,35-21+,49-15+,50-16+,51-19+. The van der Waals surface area contributed by atoms with E-state index in [2.05, 4.69) is 45.9 Å². The van der Waals surface area contributed by atoms with Gasteiger partial charge in [0, 0.05) is 25.0 Å². The number of ether oxygens (including phenoxy) is 4. The lowest BCUT2D eigenvalue weighted by molar-refractivity contribution is -0.157. The molecule has 0 bridgehead atoms. The fourth-order valence-electron chi connectivity index (χ4n) is 10.9. The maximum absolute atomic E-state index is 13.5. The van der Waals surface area contributed by atoms with E-state index in [0.29, 0.717) is 59.8 Å². The number of ketones is 2. The highest BCUT2D eigenvalue weighted by atomic mass is 16.6. The smallest absolute Gasteiger partial charge is 0.311 e. The lowest BCUT2D eigenvalue weighted by Gasteiger charge is -2.38. The second-order valence-corrected chi connectivity index (χ2v) is 24.7. The summed E-state index contributed by atoms with van der Waals surface area (Å²) in [7, 11) is 0. The Morgan fingerprint density at radius 3 is 1.54 bits per heavy atom. The predicted molar refractivity (Wildman–Crippen MR) is 351 cm³/mol. The van der Waals surface area contributed by atoms with Gasteiger partial charge in [-0.15, -0.1) is 0 Å². The highest BCUT2D eigenvalue weighted by Crippen LogP contribution is 2.44. The highest BCUT2D eigenvalue weighted by Gasteiger charge is 2.41. The minimum absolute atomic E-state index is 0.00101. The van der Waals surface area contributed by atoms with Gasteiger partial charge >= 0.3 is 23.9 Å². The third-order valence-electron chi connectivity index (χ3n) is 15.9. The van der Waals surface area contributed by atoms with Crippen molar-refractivity contribution in [3.8, 4) is 34.5 Å². The molecular weight excluding hydrogens is 1140 g/mol. The Morgan fingerprint density at radius 2 is 0.978 bits per heavy atom. The number of allylic oxidation sites excluding steroid dienone is 16. The molecule has 0 saturated heterocycles. The topological polar surface area (TPSA) is 220 Å². The number of carbonyl (C=O) groups excluding carboxylic acids is 6. The van der Waals surface area contributed by atoms with Crippen LogP contribution in [0.25, 0.3) is 12.2 Å². The summed E-state index contributed by atoms with van der Waals surface area (Å²) in [6.07, 6.45) is 27.4. The number of phenolic OH excluding ortho intramolecular Hbond substituents is 4. The van der Waals surface area contributed by atoms with Crippen LogP contribution in [0.3, 0.4) is 0 Å². The predicted octanol–water partition coefficient (Wildman–Crippen LogP) is 15.9. The van der Waals surface area contributed by atoms with E-state index < -0.39 is 41.5 Å². The van der Waals surface area contributed by atoms with E-state index in [-0.39, 0.29) is 65.7 Å². The fourth-order valence-corrected chi connectivity index (χ4v) is 10.9. The van der Waals surface area contributed by atoms with Crippen LogP contribution in [-0.2, 0) is 51.1 Å². The molecule has 0 heterocycles. The van der Waals surface area contributed by atoms with Crippen molar-refractivity contribution in [1.82, 2.24) is 0 Å². The molecule has 0 fully saturated rings. The number of aromatic hydroxyl groups is 4. The Kier molecular flexibility index (Phi) is 25.4. The second kappa shape index (κ2) is 32.8. The molecule has 2 aliphatic rings. The van der Waals surface area contributed by atoms with E-state index in [1.165, 1.54) is 24.3 Å². The third kappa shape index (κ3) is 22.4. The lowest BCUT2D eigenvalue weighted by Crippen LogP contribution is -2.39. The number of Topliss-reactive ketones (excluding diaryl/α,β-unsaturated/α-hetero) is 2. The van der Waals surface area contributed by atoms with Gasteiger partial charge in [-0.1, -0.05) is 160 Å². The number of benzene rings is 4. The normalized spacial score (nSPS) is 17.7. The zero-order chi connectivity index (χ0) is 65.7. The van der Waals surface area contributed by atoms with Crippen LogP contribution in [0.15, 0.2) is 191 Å². The highest BCUT2D eigenvalue weighted by molar-refractivity contribution is 6.02. The maximum Gasteiger partial charge on any atom is 0.311 e. The first-order valence-electron chi connectivity index (χ1n) is 30.6. The van der Waals surface area contributed by atoms with E-state index in [1.807, 2.05) is 95.4 Å². The summed E-state index contributed by atoms with van der Waals surface area (Å²) >= 11 is 0. The Morgan fingerprint density at radius 1 is 0.522 bits per heavy atom. The van der Waals surface area contributed by atoms with Gasteiger partial charge in [0.25, 0.3) is 0 Å². The van der Waals surface area contributed by atoms with Crippen molar-refractivity contribution in [3.05, 3.63) is 213 Å². The van der Waals surface area contributed by atoms with Crippen LogP contribution in [-0.4, -0.2) is 68.1 Å². The Labute approximate surface area is 529 Å². The maximum atomic E-state index is 13.5. The van der Waals surface area contributed by atoms with Crippen LogP contribution < -0.4 is 9.47 Å². The number of rotatable bonds is 27. The Balaban J connectivity index is 0.868. The number of esters is 4. The van der Waals surface area contributed by atoms with Crippen molar-refractivity contribution in [2.45, 2.75) is 152 Å². The van der Waals surface area contributed by atoms with Crippen LogP contribution in [0.1, 0.15) is 149 Å². The van der Waals surface area contributed by atoms with Gasteiger partial charge in [-0.05, 0) is 171 Å². The minimum Gasteiger partial charge on any atom is -0.508 e. The molecule has 3 unspecified atom stereocenters. The SMILES string of the molecule is CC1=C(/C=C/C(C)=C/C=C/C(C)=C/C=C/C=C(C)/C=C/CC(C)CCC2=C(C)C(=O)C(OC(=O)CCC(=O)Oc3ccc(CCc4cc(O)cc(O)c4)cc3)CC2(C)C)C(C)(C)CC(OC(=O)CCC(=O)Oc2ccc(/C=C/c3cc(O)cc(O)c3)cc2)C1=O. The lowest BCUT2D eigenvalue weighted by atomic mass is 9.69. The number of hydrogen-bond donors (Lipinski definition) is 4. The van der Waals surface area contributed by atoms with Gasteiger partial charge in [0.1, 0.15) is 34.5 Å². The van der Waals surface area contributed by atoms with Crippen molar-refractivity contribution in [2.24, 2.45) is 16.7 Å². The van der Waals surface area contributed by atoms with Crippen LogP contribution in [0.2, 0.25) is 0 Å². The monoisotopic (exact) mass is 1220 g/mol. The summed E-state index contributed by atoms with van der Waals surface area (Å²) in [4.78, 5) is 78.0. The van der Waals surface area contributed by atoms with Gasteiger partial charge in [0.05, 0.1) is 25.7 Å². The summed E-state index contributed by atoms with van der Waals surface area (Å²) in [6.45, 7) is 20.0. The minimum atomic E-state index is -0.968. The van der Waals surface area contributed by atoms with E-state index in [4.69, 9.17) is 18.9 Å². The van der Waals surface area contributed by atoms with E-state index in [1.54, 1.807) is 67.6 Å². The van der Waals surface area contributed by atoms with E-state index in [0.717, 1.165) is 63.8 Å². The largest absolute Gasteiger partial charge is 0.508 e. The molecule has 0 amide bonds. The second-order valence-electron chi connectivity index (χ2n) is 24.7. The van der Waals surface area contributed by atoms with Gasteiger partial charge in [-0.2, -0.15) is 0 Å². The number of aryl methyl sites for hydroxylation is 2. The Hall–Kier alpha value is -9.30. The zero-order valence-electron chi connectivity index (χ0n) is 53.5. The van der Waals surface area contributed by atoms with Crippen molar-refractivity contribution < 1.29 is 68.1 Å². The molecule has 474 valence electrons. The van der Waals surface area contributed by atoms with Crippen molar-refractivity contribution >= 4 is 47.6 Å². The molecule has 4 aromatic rings. The molecule has 4 N–H and O–H groups in total. The first-order chi connectivity index (χ1) is 42.6. The number of carbonyl (C=O) groups is 6. The molecule has 90 heavy (non-hydrogen) atoms. The summed E-state index contributed by atoms with van der Waals surface area (Å²) < 4.78 is 22.1. The Bertz CT molecular complexity index is 3550. The van der Waals surface area contributed by atoms with Crippen LogP contribution in [0, 0.1) is 16.7 Å².